The van der Waals surface area contributed by atoms with Gasteiger partial charge in [0.05, 0.1) is 13.1 Å². The third-order valence-electron chi connectivity index (χ3n) is 3.08. The van der Waals surface area contributed by atoms with Crippen molar-refractivity contribution in [2.45, 2.75) is 52.0 Å². The molecule has 1 heterocycles. The van der Waals surface area contributed by atoms with Gasteiger partial charge in [-0.25, -0.2) is 0 Å². The molecule has 1 aliphatic heterocycles. The zero-order chi connectivity index (χ0) is 12.0. The molecule has 0 aromatic heterocycles. The highest BCUT2D eigenvalue weighted by Gasteiger charge is 2.26. The standard InChI is InChI=1S/C12H22N2O2/c1-3-4-5-6-7-10(2)14-9-11(15)13-8-12(14)16/h10H,3-9H2,1-2H3,(H,13,15). The first-order valence-electron chi connectivity index (χ1n) is 6.21. The largest absolute Gasteiger partial charge is 0.345 e. The lowest BCUT2D eigenvalue weighted by atomic mass is 10.1. The summed E-state index contributed by atoms with van der Waals surface area (Å²) >= 11 is 0. The predicted octanol–water partition coefficient (Wildman–Crippen LogP) is 1.30. The van der Waals surface area contributed by atoms with Crippen LogP contribution in [0.1, 0.15) is 46.0 Å². The summed E-state index contributed by atoms with van der Waals surface area (Å²) in [6, 6.07) is 0.190. The zero-order valence-corrected chi connectivity index (χ0v) is 10.3. The molecule has 1 unspecified atom stereocenters. The van der Waals surface area contributed by atoms with E-state index in [-0.39, 0.29) is 30.9 Å². The predicted molar refractivity (Wildman–Crippen MR) is 62.9 cm³/mol. The second-order valence-electron chi connectivity index (χ2n) is 4.50. The molecule has 0 aromatic rings. The first-order valence-corrected chi connectivity index (χ1v) is 6.21. The molecular formula is C12H22N2O2. The van der Waals surface area contributed by atoms with E-state index in [2.05, 4.69) is 12.2 Å². The van der Waals surface area contributed by atoms with Gasteiger partial charge in [0.1, 0.15) is 0 Å². The van der Waals surface area contributed by atoms with Crippen LogP contribution in [0.5, 0.6) is 0 Å². The Balaban J connectivity index is 2.30. The van der Waals surface area contributed by atoms with Crippen LogP contribution in [0.4, 0.5) is 0 Å². The van der Waals surface area contributed by atoms with Gasteiger partial charge in [-0.1, -0.05) is 32.6 Å². The molecule has 4 nitrogen and oxygen atoms in total. The lowest BCUT2D eigenvalue weighted by Gasteiger charge is -2.32. The molecule has 0 aliphatic carbocycles. The molecule has 1 aliphatic rings. The number of carbonyl (C=O) groups is 2. The monoisotopic (exact) mass is 226 g/mol. The number of carbonyl (C=O) groups excluding carboxylic acids is 2. The van der Waals surface area contributed by atoms with Crippen LogP contribution >= 0.6 is 0 Å². The van der Waals surface area contributed by atoms with Crippen LogP contribution in [0.15, 0.2) is 0 Å². The Bertz CT molecular complexity index is 253. The Kier molecular flexibility index (Phi) is 5.29. The van der Waals surface area contributed by atoms with Gasteiger partial charge in [0, 0.05) is 6.04 Å². The second-order valence-corrected chi connectivity index (χ2v) is 4.50. The van der Waals surface area contributed by atoms with E-state index in [1.165, 1.54) is 19.3 Å². The average Bonchev–Trinajstić information content (AvgIpc) is 2.27. The van der Waals surface area contributed by atoms with Crippen LogP contribution in [0.3, 0.4) is 0 Å². The minimum atomic E-state index is -0.0417. The summed E-state index contributed by atoms with van der Waals surface area (Å²) in [5.41, 5.74) is 0. The molecule has 1 N–H and O–H groups in total. The van der Waals surface area contributed by atoms with Gasteiger partial charge in [0.2, 0.25) is 11.8 Å². The van der Waals surface area contributed by atoms with E-state index in [1.807, 2.05) is 6.92 Å². The highest BCUT2D eigenvalue weighted by Crippen LogP contribution is 2.12. The van der Waals surface area contributed by atoms with Gasteiger partial charge < -0.3 is 10.2 Å². The quantitative estimate of drug-likeness (QED) is 0.694. The summed E-state index contributed by atoms with van der Waals surface area (Å²) < 4.78 is 0. The van der Waals surface area contributed by atoms with Crippen molar-refractivity contribution in [1.29, 1.82) is 0 Å². The fourth-order valence-electron chi connectivity index (χ4n) is 2.00. The average molecular weight is 226 g/mol. The van der Waals surface area contributed by atoms with Crippen LogP contribution in [-0.4, -0.2) is 35.8 Å². The summed E-state index contributed by atoms with van der Waals surface area (Å²) in [4.78, 5) is 24.5. The Morgan fingerprint density at radius 3 is 2.75 bits per heavy atom. The summed E-state index contributed by atoms with van der Waals surface area (Å²) in [5.74, 6) is 0.00241. The number of piperazine rings is 1. The fourth-order valence-corrected chi connectivity index (χ4v) is 2.00. The van der Waals surface area contributed by atoms with E-state index in [1.54, 1.807) is 4.90 Å². The van der Waals surface area contributed by atoms with Crippen molar-refractivity contribution in [3.63, 3.8) is 0 Å². The third kappa shape index (κ3) is 3.83. The molecule has 0 bridgehead atoms. The zero-order valence-electron chi connectivity index (χ0n) is 10.3. The lowest BCUT2D eigenvalue weighted by Crippen LogP contribution is -2.54. The van der Waals surface area contributed by atoms with Gasteiger partial charge in [0.15, 0.2) is 0 Å². The minimum Gasteiger partial charge on any atom is -0.345 e. The summed E-state index contributed by atoms with van der Waals surface area (Å²) in [5, 5.41) is 2.56. The first-order chi connectivity index (χ1) is 7.65. The smallest absolute Gasteiger partial charge is 0.242 e. The first kappa shape index (κ1) is 13.0. The van der Waals surface area contributed by atoms with E-state index < -0.39 is 0 Å². The Hall–Kier alpha value is -1.06. The van der Waals surface area contributed by atoms with E-state index in [9.17, 15) is 9.59 Å². The maximum atomic E-state index is 11.6. The molecule has 1 rings (SSSR count). The summed E-state index contributed by atoms with van der Waals surface area (Å²) in [7, 11) is 0. The molecule has 4 heteroatoms. The number of nitrogens with zero attached hydrogens (tertiary/aromatic N) is 1. The highest BCUT2D eigenvalue weighted by atomic mass is 16.2. The summed E-state index contributed by atoms with van der Waals surface area (Å²) in [6.45, 7) is 4.61. The number of amides is 2. The number of rotatable bonds is 6. The molecular weight excluding hydrogens is 204 g/mol. The third-order valence-corrected chi connectivity index (χ3v) is 3.08. The van der Waals surface area contributed by atoms with Gasteiger partial charge in [-0.3, -0.25) is 9.59 Å². The summed E-state index contributed by atoms with van der Waals surface area (Å²) in [6.07, 6.45) is 5.83. The van der Waals surface area contributed by atoms with Gasteiger partial charge in [0.25, 0.3) is 0 Å². The normalized spacial score (nSPS) is 18.5. The Morgan fingerprint density at radius 1 is 1.31 bits per heavy atom. The minimum absolute atomic E-state index is 0.0417. The lowest BCUT2D eigenvalue weighted by molar-refractivity contribution is -0.142. The van der Waals surface area contributed by atoms with Gasteiger partial charge >= 0.3 is 0 Å². The maximum Gasteiger partial charge on any atom is 0.242 e. The Morgan fingerprint density at radius 2 is 2.06 bits per heavy atom. The molecule has 0 aromatic carbocycles. The molecule has 1 atom stereocenters. The van der Waals surface area contributed by atoms with Crippen molar-refractivity contribution in [3.8, 4) is 0 Å². The molecule has 16 heavy (non-hydrogen) atoms. The van der Waals surface area contributed by atoms with Crippen molar-refractivity contribution in [1.82, 2.24) is 10.2 Å². The van der Waals surface area contributed by atoms with Crippen molar-refractivity contribution < 1.29 is 9.59 Å². The molecule has 92 valence electrons. The second kappa shape index (κ2) is 6.51. The highest BCUT2D eigenvalue weighted by molar-refractivity contribution is 5.92. The molecule has 0 spiro atoms. The molecule has 1 fully saturated rings. The van der Waals surface area contributed by atoms with Crippen LogP contribution in [0, 0.1) is 0 Å². The molecule has 2 amide bonds. The van der Waals surface area contributed by atoms with Gasteiger partial charge in [-0.2, -0.15) is 0 Å². The van der Waals surface area contributed by atoms with Crippen LogP contribution in [-0.2, 0) is 9.59 Å². The number of unbranched alkanes of at least 4 members (excludes halogenated alkanes) is 3. The maximum absolute atomic E-state index is 11.6. The van der Waals surface area contributed by atoms with E-state index >= 15 is 0 Å². The van der Waals surface area contributed by atoms with Crippen LogP contribution in [0.25, 0.3) is 0 Å². The van der Waals surface area contributed by atoms with E-state index in [0.717, 1.165) is 12.8 Å². The SMILES string of the molecule is CCCCCCC(C)N1CC(=O)NCC1=O. The van der Waals surface area contributed by atoms with Gasteiger partial charge in [-0.05, 0) is 13.3 Å². The van der Waals surface area contributed by atoms with Crippen molar-refractivity contribution in [2.75, 3.05) is 13.1 Å². The molecule has 0 saturated carbocycles. The van der Waals surface area contributed by atoms with E-state index in [4.69, 9.17) is 0 Å². The fraction of sp³-hybridized carbons (Fsp3) is 0.833. The van der Waals surface area contributed by atoms with Gasteiger partial charge in [-0.15, -0.1) is 0 Å². The van der Waals surface area contributed by atoms with E-state index in [0.29, 0.717) is 0 Å². The Labute approximate surface area is 97.4 Å². The number of nitrogens with one attached hydrogen (secondary N) is 1. The van der Waals surface area contributed by atoms with Crippen molar-refractivity contribution in [2.24, 2.45) is 0 Å². The number of hydrogen-bond donors (Lipinski definition) is 1. The number of hydrogen-bond acceptors (Lipinski definition) is 2. The molecule has 1 saturated heterocycles. The topological polar surface area (TPSA) is 49.4 Å². The van der Waals surface area contributed by atoms with Crippen molar-refractivity contribution >= 4 is 11.8 Å². The van der Waals surface area contributed by atoms with Crippen LogP contribution in [0.2, 0.25) is 0 Å². The van der Waals surface area contributed by atoms with Crippen LogP contribution < -0.4 is 5.32 Å². The molecule has 0 radical (unpaired) electrons. The van der Waals surface area contributed by atoms with Crippen molar-refractivity contribution in [3.05, 3.63) is 0 Å².